The van der Waals surface area contributed by atoms with Gasteiger partial charge in [-0.1, -0.05) is 11.6 Å². The van der Waals surface area contributed by atoms with Gasteiger partial charge in [0.25, 0.3) is 5.91 Å². The van der Waals surface area contributed by atoms with Gasteiger partial charge < -0.3 is 19.2 Å². The van der Waals surface area contributed by atoms with Gasteiger partial charge in [0.1, 0.15) is 5.58 Å². The maximum absolute atomic E-state index is 13.5. The highest BCUT2D eigenvalue weighted by Gasteiger charge is 2.45. The number of rotatable bonds is 5. The van der Waals surface area contributed by atoms with Crippen LogP contribution in [0.3, 0.4) is 0 Å². The van der Waals surface area contributed by atoms with Crippen LogP contribution in [0.5, 0.6) is 0 Å². The molecule has 31 heavy (non-hydrogen) atoms. The number of aromatic nitrogens is 1. The summed E-state index contributed by atoms with van der Waals surface area (Å²) in [4.78, 5) is 32.0. The SMILES string of the molecule is O=C(C1=C(O)C(=O)N(CC2CCCO2)C1c1ccncc1)c1cc2cc(Cl)ccc2o1. The van der Waals surface area contributed by atoms with Crippen molar-refractivity contribution in [1.82, 2.24) is 9.88 Å². The molecule has 0 spiro atoms. The molecular weight excluding hydrogens is 420 g/mol. The number of fused-ring (bicyclic) bond motifs is 1. The predicted octanol–water partition coefficient (Wildman–Crippen LogP) is 4.24. The fourth-order valence-corrected chi connectivity index (χ4v) is 4.41. The summed E-state index contributed by atoms with van der Waals surface area (Å²) in [6.45, 7) is 0.918. The highest BCUT2D eigenvalue weighted by molar-refractivity contribution is 6.31. The molecule has 1 aromatic carbocycles. The molecule has 5 rings (SSSR count). The van der Waals surface area contributed by atoms with Crippen molar-refractivity contribution in [3.05, 3.63) is 76.5 Å². The van der Waals surface area contributed by atoms with Crippen LogP contribution in [0.2, 0.25) is 5.02 Å². The van der Waals surface area contributed by atoms with Gasteiger partial charge in [0, 0.05) is 36.0 Å². The number of ether oxygens (including phenoxy) is 1. The van der Waals surface area contributed by atoms with Crippen LogP contribution in [-0.4, -0.2) is 45.9 Å². The van der Waals surface area contributed by atoms with E-state index in [0.717, 1.165) is 12.8 Å². The van der Waals surface area contributed by atoms with E-state index in [4.69, 9.17) is 20.8 Å². The first-order valence-electron chi connectivity index (χ1n) is 10.0. The Morgan fingerprint density at radius 3 is 2.77 bits per heavy atom. The van der Waals surface area contributed by atoms with Gasteiger partial charge in [-0.25, -0.2) is 0 Å². The zero-order chi connectivity index (χ0) is 21.5. The molecule has 0 bridgehead atoms. The Morgan fingerprint density at radius 2 is 2.03 bits per heavy atom. The van der Waals surface area contributed by atoms with Crippen LogP contribution < -0.4 is 0 Å². The summed E-state index contributed by atoms with van der Waals surface area (Å²) in [5, 5.41) is 11.9. The second kappa shape index (κ2) is 7.83. The summed E-state index contributed by atoms with van der Waals surface area (Å²) in [5.41, 5.74) is 1.15. The number of furan rings is 1. The van der Waals surface area contributed by atoms with Crippen LogP contribution in [0.25, 0.3) is 11.0 Å². The quantitative estimate of drug-likeness (QED) is 0.599. The van der Waals surface area contributed by atoms with E-state index < -0.39 is 23.5 Å². The largest absolute Gasteiger partial charge is 0.503 e. The first kappa shape index (κ1) is 19.8. The van der Waals surface area contributed by atoms with Gasteiger partial charge >= 0.3 is 0 Å². The smallest absolute Gasteiger partial charge is 0.290 e. The Kier molecular flexibility index (Phi) is 5.00. The molecule has 0 saturated carbocycles. The summed E-state index contributed by atoms with van der Waals surface area (Å²) in [6.07, 6.45) is 4.78. The number of amides is 1. The molecule has 2 aliphatic rings. The summed E-state index contributed by atoms with van der Waals surface area (Å²) in [7, 11) is 0. The molecule has 3 aromatic rings. The lowest BCUT2D eigenvalue weighted by atomic mass is 9.95. The average molecular weight is 439 g/mol. The third-order valence-corrected chi connectivity index (χ3v) is 5.93. The maximum atomic E-state index is 13.5. The van der Waals surface area contributed by atoms with E-state index in [2.05, 4.69) is 4.98 Å². The fraction of sp³-hybridized carbons (Fsp3) is 0.261. The number of pyridine rings is 1. The lowest BCUT2D eigenvalue weighted by molar-refractivity contribution is -0.131. The molecule has 2 aromatic heterocycles. The third-order valence-electron chi connectivity index (χ3n) is 5.70. The van der Waals surface area contributed by atoms with Crippen molar-refractivity contribution in [3.8, 4) is 0 Å². The third kappa shape index (κ3) is 3.49. The van der Waals surface area contributed by atoms with Gasteiger partial charge in [-0.3, -0.25) is 14.6 Å². The fourth-order valence-electron chi connectivity index (χ4n) is 4.23. The monoisotopic (exact) mass is 438 g/mol. The van der Waals surface area contributed by atoms with Crippen molar-refractivity contribution in [2.75, 3.05) is 13.2 Å². The number of nitrogens with zero attached hydrogens (tertiary/aromatic N) is 2. The number of aliphatic hydroxyl groups excluding tert-OH is 1. The van der Waals surface area contributed by atoms with Gasteiger partial charge in [-0.2, -0.15) is 0 Å². The Hall–Kier alpha value is -3.16. The summed E-state index contributed by atoms with van der Waals surface area (Å²) in [5.74, 6) is -1.68. The van der Waals surface area contributed by atoms with Crippen LogP contribution in [0.1, 0.15) is 35.0 Å². The van der Waals surface area contributed by atoms with E-state index in [1.54, 1.807) is 48.8 Å². The molecule has 158 valence electrons. The first-order chi connectivity index (χ1) is 15.0. The minimum absolute atomic E-state index is 0.0145. The molecule has 7 nitrogen and oxygen atoms in total. The summed E-state index contributed by atoms with van der Waals surface area (Å²) in [6, 6.07) is 9.29. The normalized spacial score (nSPS) is 21.5. The van der Waals surface area contributed by atoms with Crippen molar-refractivity contribution in [2.24, 2.45) is 0 Å². The van der Waals surface area contributed by atoms with Crippen LogP contribution in [0, 0.1) is 0 Å². The zero-order valence-electron chi connectivity index (χ0n) is 16.5. The summed E-state index contributed by atoms with van der Waals surface area (Å²) >= 11 is 6.04. The maximum Gasteiger partial charge on any atom is 0.290 e. The van der Waals surface area contributed by atoms with Gasteiger partial charge in [-0.15, -0.1) is 0 Å². The summed E-state index contributed by atoms with van der Waals surface area (Å²) < 4.78 is 11.4. The van der Waals surface area contributed by atoms with E-state index in [1.165, 1.54) is 4.90 Å². The van der Waals surface area contributed by atoms with Gasteiger partial charge in [0.05, 0.1) is 17.7 Å². The van der Waals surface area contributed by atoms with E-state index in [9.17, 15) is 14.7 Å². The number of carbonyl (C=O) groups excluding carboxylic acids is 2. The number of aliphatic hydroxyl groups is 1. The van der Waals surface area contributed by atoms with Crippen LogP contribution >= 0.6 is 11.6 Å². The number of hydrogen-bond donors (Lipinski definition) is 1. The van der Waals surface area contributed by atoms with Crippen molar-refractivity contribution in [2.45, 2.75) is 25.0 Å². The van der Waals surface area contributed by atoms with Gasteiger partial charge in [-0.05, 0) is 54.8 Å². The van der Waals surface area contributed by atoms with Crippen molar-refractivity contribution < 1.29 is 23.8 Å². The van der Waals surface area contributed by atoms with E-state index in [0.29, 0.717) is 28.2 Å². The highest BCUT2D eigenvalue weighted by Crippen LogP contribution is 2.40. The Balaban J connectivity index is 1.56. The second-order valence-corrected chi connectivity index (χ2v) is 8.10. The van der Waals surface area contributed by atoms with Crippen molar-refractivity contribution >= 4 is 34.3 Å². The number of benzene rings is 1. The molecule has 8 heteroatoms. The predicted molar refractivity (Wildman–Crippen MR) is 113 cm³/mol. The van der Waals surface area contributed by atoms with Crippen LogP contribution in [0.15, 0.2) is 64.5 Å². The topological polar surface area (TPSA) is 92.9 Å². The highest BCUT2D eigenvalue weighted by atomic mass is 35.5. The molecule has 2 unspecified atom stereocenters. The Morgan fingerprint density at radius 1 is 1.23 bits per heavy atom. The van der Waals surface area contributed by atoms with Gasteiger partial charge in [0.2, 0.25) is 5.78 Å². The van der Waals surface area contributed by atoms with E-state index in [1.807, 2.05) is 0 Å². The molecule has 2 aliphatic heterocycles. The van der Waals surface area contributed by atoms with Crippen LogP contribution in [-0.2, 0) is 9.53 Å². The molecular formula is C23H19ClN2O5. The van der Waals surface area contributed by atoms with Gasteiger partial charge in [0.15, 0.2) is 11.5 Å². The molecule has 4 heterocycles. The Labute approximate surface area is 182 Å². The number of ketones is 1. The molecule has 0 radical (unpaired) electrons. The molecule has 2 atom stereocenters. The first-order valence-corrected chi connectivity index (χ1v) is 10.4. The number of hydrogen-bond acceptors (Lipinski definition) is 6. The molecule has 0 aliphatic carbocycles. The lowest BCUT2D eigenvalue weighted by Crippen LogP contribution is -2.37. The molecule has 1 fully saturated rings. The second-order valence-electron chi connectivity index (χ2n) is 7.66. The zero-order valence-corrected chi connectivity index (χ0v) is 17.2. The minimum Gasteiger partial charge on any atom is -0.503 e. The van der Waals surface area contributed by atoms with Crippen molar-refractivity contribution in [3.63, 3.8) is 0 Å². The Bertz CT molecular complexity index is 1200. The van der Waals surface area contributed by atoms with E-state index in [-0.39, 0.29) is 24.0 Å². The standard InChI is InChI=1S/C23H19ClN2O5/c24-15-3-4-17-14(10-15)11-18(31-17)21(27)19-20(13-5-7-25-8-6-13)26(23(29)22(19)28)12-16-2-1-9-30-16/h3-8,10-11,16,20,28H,1-2,9,12H2. The lowest BCUT2D eigenvalue weighted by Gasteiger charge is -2.28. The molecule has 1 amide bonds. The number of carbonyl (C=O) groups is 2. The average Bonchev–Trinajstić information content (AvgIpc) is 3.49. The molecule has 1 N–H and O–H groups in total. The minimum atomic E-state index is -0.760. The number of halogens is 1. The molecule has 1 saturated heterocycles. The number of Topliss-reactive ketones (excluding diaryl/α,β-unsaturated/α-hetero) is 1. The van der Waals surface area contributed by atoms with Crippen LogP contribution in [0.4, 0.5) is 0 Å². The van der Waals surface area contributed by atoms with E-state index >= 15 is 0 Å². The van der Waals surface area contributed by atoms with Crippen molar-refractivity contribution in [1.29, 1.82) is 0 Å².